The number of nitroso groups, excluding NO2 is 2. The van der Waals surface area contributed by atoms with Crippen molar-refractivity contribution in [3.63, 3.8) is 0 Å². The molecule has 0 heterocycles. The van der Waals surface area contributed by atoms with Crippen molar-refractivity contribution in [2.24, 2.45) is 10.4 Å². The predicted molar refractivity (Wildman–Crippen MR) is 56.2 cm³/mol. The summed E-state index contributed by atoms with van der Waals surface area (Å²) in [5.74, 6) is 0. The molecule has 80 valence electrons. The summed E-state index contributed by atoms with van der Waals surface area (Å²) in [4.78, 5) is 21.0. The molecule has 0 aliphatic heterocycles. The molecule has 0 amide bonds. The lowest BCUT2D eigenvalue weighted by Gasteiger charge is -2.19. The quantitative estimate of drug-likeness (QED) is 0.707. The van der Waals surface area contributed by atoms with E-state index in [1.807, 2.05) is 0 Å². The molecule has 0 bridgehead atoms. The minimum Gasteiger partial charge on any atom is -0.193 e. The maximum Gasteiger partial charge on any atom is 0.164 e. The topological polar surface area (TPSA) is 106 Å². The average Bonchev–Trinajstić information content (AvgIpc) is 2.31. The second-order valence-corrected chi connectivity index (χ2v) is 3.58. The zero-order chi connectivity index (χ0) is 12.3. The number of nitriles is 2. The molecule has 8 heteroatoms. The molecule has 1 aliphatic carbocycles. The van der Waals surface area contributed by atoms with Crippen molar-refractivity contribution in [2.75, 3.05) is 0 Å². The van der Waals surface area contributed by atoms with E-state index in [4.69, 9.17) is 33.7 Å². The van der Waals surface area contributed by atoms with Crippen molar-refractivity contribution in [1.82, 2.24) is 0 Å². The molecule has 2 atom stereocenters. The Bertz CT molecular complexity index is 453. The van der Waals surface area contributed by atoms with Crippen molar-refractivity contribution in [2.45, 2.75) is 12.1 Å². The molecule has 0 fully saturated rings. The van der Waals surface area contributed by atoms with Gasteiger partial charge in [0, 0.05) is 0 Å². The first kappa shape index (κ1) is 12.3. The molecule has 0 radical (unpaired) electrons. The van der Waals surface area contributed by atoms with Gasteiger partial charge in [0.25, 0.3) is 0 Å². The first-order valence-electron chi connectivity index (χ1n) is 3.86. The van der Waals surface area contributed by atoms with Gasteiger partial charge in [-0.2, -0.15) is 10.5 Å². The lowest BCUT2D eigenvalue weighted by atomic mass is 9.91. The zero-order valence-electron chi connectivity index (χ0n) is 7.52. The summed E-state index contributed by atoms with van der Waals surface area (Å²) in [6, 6.07) is 0.535. The highest BCUT2D eigenvalue weighted by Gasteiger charge is 2.37. The van der Waals surface area contributed by atoms with Crippen LogP contribution in [0.1, 0.15) is 0 Å². The highest BCUT2D eigenvalue weighted by Crippen LogP contribution is 2.37. The molecule has 1 aliphatic rings. The molecule has 0 saturated carbocycles. The van der Waals surface area contributed by atoms with Crippen LogP contribution in [0.2, 0.25) is 0 Å². The molecular formula is C8H2Cl2N4O2. The van der Waals surface area contributed by atoms with Gasteiger partial charge in [-0.25, -0.2) is 0 Å². The summed E-state index contributed by atoms with van der Waals surface area (Å²) in [6.07, 6.45) is 0. The van der Waals surface area contributed by atoms with Gasteiger partial charge in [-0.1, -0.05) is 33.6 Å². The second-order valence-electron chi connectivity index (χ2n) is 2.76. The van der Waals surface area contributed by atoms with E-state index in [1.54, 1.807) is 12.1 Å². The average molecular weight is 257 g/mol. The summed E-state index contributed by atoms with van der Waals surface area (Å²) < 4.78 is 0. The van der Waals surface area contributed by atoms with E-state index < -0.39 is 12.1 Å². The third-order valence-electron chi connectivity index (χ3n) is 2.00. The van der Waals surface area contributed by atoms with Crippen LogP contribution in [0.15, 0.2) is 31.6 Å². The van der Waals surface area contributed by atoms with E-state index in [1.165, 1.54) is 0 Å². The van der Waals surface area contributed by atoms with Gasteiger partial charge in [0.2, 0.25) is 0 Å². The predicted octanol–water partition coefficient (Wildman–Crippen LogP) is 2.30. The van der Waals surface area contributed by atoms with Gasteiger partial charge in [-0.15, -0.1) is 9.81 Å². The van der Waals surface area contributed by atoms with E-state index in [0.29, 0.717) is 0 Å². The van der Waals surface area contributed by atoms with E-state index in [9.17, 15) is 9.81 Å². The van der Waals surface area contributed by atoms with Crippen molar-refractivity contribution >= 4 is 23.2 Å². The van der Waals surface area contributed by atoms with Gasteiger partial charge >= 0.3 is 0 Å². The summed E-state index contributed by atoms with van der Waals surface area (Å²) in [6.45, 7) is 0. The Labute approximate surface area is 99.7 Å². The van der Waals surface area contributed by atoms with Crippen molar-refractivity contribution in [3.05, 3.63) is 31.0 Å². The molecule has 16 heavy (non-hydrogen) atoms. The van der Waals surface area contributed by atoms with Gasteiger partial charge in [0.05, 0.1) is 33.3 Å². The highest BCUT2D eigenvalue weighted by atomic mass is 35.5. The monoisotopic (exact) mass is 256 g/mol. The second kappa shape index (κ2) is 4.84. The van der Waals surface area contributed by atoms with Crippen LogP contribution in [0.25, 0.3) is 0 Å². The van der Waals surface area contributed by atoms with Crippen LogP contribution < -0.4 is 0 Å². The molecule has 0 spiro atoms. The van der Waals surface area contributed by atoms with E-state index in [-0.39, 0.29) is 21.2 Å². The first-order chi connectivity index (χ1) is 7.62. The SMILES string of the molecule is N#CC1=C(C#N)C(N=O)C(Cl)=C(Cl)C1N=O. The molecule has 0 aromatic carbocycles. The van der Waals surface area contributed by atoms with Crippen LogP contribution in [0.5, 0.6) is 0 Å². The Morgan fingerprint density at radius 3 is 1.44 bits per heavy atom. The van der Waals surface area contributed by atoms with Crippen LogP contribution in [-0.4, -0.2) is 12.1 Å². The molecular weight excluding hydrogens is 255 g/mol. The van der Waals surface area contributed by atoms with Gasteiger partial charge < -0.3 is 0 Å². The lowest BCUT2D eigenvalue weighted by Crippen LogP contribution is -2.23. The van der Waals surface area contributed by atoms with Gasteiger partial charge in [0.15, 0.2) is 12.1 Å². The largest absolute Gasteiger partial charge is 0.193 e. The fraction of sp³-hybridized carbons (Fsp3) is 0.250. The van der Waals surface area contributed by atoms with E-state index in [2.05, 4.69) is 10.4 Å². The van der Waals surface area contributed by atoms with Crippen molar-refractivity contribution in [1.29, 1.82) is 10.5 Å². The lowest BCUT2D eigenvalue weighted by molar-refractivity contribution is 0.832. The normalized spacial score (nSPS) is 24.8. The van der Waals surface area contributed by atoms with Crippen LogP contribution in [-0.2, 0) is 0 Å². The molecule has 0 saturated heterocycles. The number of nitrogens with zero attached hydrogens (tertiary/aromatic N) is 4. The fourth-order valence-corrected chi connectivity index (χ4v) is 1.75. The Kier molecular flexibility index (Phi) is 3.73. The summed E-state index contributed by atoms with van der Waals surface area (Å²) in [5.41, 5.74) is -0.590. The van der Waals surface area contributed by atoms with Crippen LogP contribution in [0.3, 0.4) is 0 Å². The number of hydrogen-bond donors (Lipinski definition) is 0. The molecule has 1 rings (SSSR count). The smallest absolute Gasteiger partial charge is 0.164 e. The van der Waals surface area contributed by atoms with Crippen molar-refractivity contribution < 1.29 is 0 Å². The summed E-state index contributed by atoms with van der Waals surface area (Å²) in [5, 5.41) is 22.3. The third-order valence-corrected chi connectivity index (χ3v) is 2.91. The number of halogens is 2. The van der Waals surface area contributed by atoms with Crippen LogP contribution in [0, 0.1) is 32.5 Å². The molecule has 0 aromatic rings. The van der Waals surface area contributed by atoms with E-state index in [0.717, 1.165) is 0 Å². The molecule has 0 N–H and O–H groups in total. The minimum absolute atomic E-state index is 0.253. The van der Waals surface area contributed by atoms with Crippen LogP contribution in [0.4, 0.5) is 0 Å². The minimum atomic E-state index is -1.34. The molecule has 2 unspecified atom stereocenters. The number of rotatable bonds is 2. The maximum atomic E-state index is 10.5. The zero-order valence-corrected chi connectivity index (χ0v) is 9.03. The highest BCUT2D eigenvalue weighted by molar-refractivity contribution is 6.40. The molecule has 0 aromatic heterocycles. The Morgan fingerprint density at radius 1 is 0.938 bits per heavy atom. The molecule has 6 nitrogen and oxygen atoms in total. The first-order valence-corrected chi connectivity index (χ1v) is 4.62. The Balaban J connectivity index is 3.51. The fourth-order valence-electron chi connectivity index (χ4n) is 1.25. The standard InChI is InChI=1S/C8H2Cl2N4O2/c9-5-6(10)8(14-16)4(2-12)3(1-11)7(5)13-15/h7-8H. The summed E-state index contributed by atoms with van der Waals surface area (Å²) >= 11 is 11.3. The van der Waals surface area contributed by atoms with E-state index >= 15 is 0 Å². The van der Waals surface area contributed by atoms with Crippen molar-refractivity contribution in [3.8, 4) is 12.1 Å². The van der Waals surface area contributed by atoms with Gasteiger partial charge in [0.1, 0.15) is 0 Å². The maximum absolute atomic E-state index is 10.5. The van der Waals surface area contributed by atoms with Gasteiger partial charge in [-0.3, -0.25) is 0 Å². The van der Waals surface area contributed by atoms with Crippen LogP contribution >= 0.6 is 23.2 Å². The number of hydrogen-bond acceptors (Lipinski definition) is 6. The summed E-state index contributed by atoms with van der Waals surface area (Å²) in [7, 11) is 0. The third kappa shape index (κ3) is 1.69. The Hall–Kier alpha value is -1.76. The Morgan fingerprint density at radius 2 is 1.25 bits per heavy atom. The van der Waals surface area contributed by atoms with Gasteiger partial charge in [-0.05, 0) is 0 Å².